The molecule has 1 aliphatic heterocycles. The molecule has 0 spiro atoms. The van der Waals surface area contributed by atoms with Gasteiger partial charge in [0.2, 0.25) is 23.5 Å². The third kappa shape index (κ3) is 7.77. The summed E-state index contributed by atoms with van der Waals surface area (Å²) in [6, 6.07) is -4.22. The largest absolute Gasteiger partial charge is 0.450 e. The number of aliphatic hydroxyl groups is 2. The molecule has 1 saturated heterocycles. The average molecular weight is 831 g/mol. The van der Waals surface area contributed by atoms with E-state index in [2.05, 4.69) is 10.6 Å². The van der Waals surface area contributed by atoms with Crippen LogP contribution in [0.2, 0.25) is 0 Å². The van der Waals surface area contributed by atoms with E-state index < -0.39 is 118 Å². The first kappa shape index (κ1) is 46.1. The molecule has 4 fully saturated rings. The van der Waals surface area contributed by atoms with Crippen molar-refractivity contribution in [2.75, 3.05) is 6.54 Å². The molecule has 5 aliphatic rings. The van der Waals surface area contributed by atoms with Gasteiger partial charge in [0.1, 0.15) is 18.1 Å². The second-order valence-corrected chi connectivity index (χ2v) is 18.3. The van der Waals surface area contributed by atoms with E-state index >= 15 is 4.39 Å². The van der Waals surface area contributed by atoms with E-state index in [9.17, 15) is 43.8 Å². The number of hydrogen-bond acceptors (Lipinski definition) is 12. The quantitative estimate of drug-likeness (QED) is 0.126. The van der Waals surface area contributed by atoms with Gasteiger partial charge in [-0.25, -0.2) is 9.18 Å². The fourth-order valence-corrected chi connectivity index (χ4v) is 11.0. The number of nitrogens with zero attached hydrogens (tertiary/aromatic N) is 1. The fraction of sp³-hybridized carbons (Fsp3) is 0.744. The van der Waals surface area contributed by atoms with Gasteiger partial charge in [-0.1, -0.05) is 52.7 Å². The minimum Gasteiger partial charge on any atom is -0.450 e. The molecule has 0 bridgehead atoms. The van der Waals surface area contributed by atoms with E-state index in [4.69, 9.17) is 15.2 Å². The number of nitrogens with two attached hydrogens (primary N) is 1. The van der Waals surface area contributed by atoms with E-state index in [-0.39, 0.29) is 44.4 Å². The van der Waals surface area contributed by atoms with Crippen LogP contribution in [0.5, 0.6) is 0 Å². The number of ketones is 2. The van der Waals surface area contributed by atoms with Gasteiger partial charge in [-0.2, -0.15) is 0 Å². The van der Waals surface area contributed by atoms with Gasteiger partial charge >= 0.3 is 11.9 Å². The summed E-state index contributed by atoms with van der Waals surface area (Å²) in [5, 5.41) is 28.7. The smallest absolute Gasteiger partial charge is 0.331 e. The van der Waals surface area contributed by atoms with Crippen molar-refractivity contribution in [2.24, 2.45) is 40.2 Å². The van der Waals surface area contributed by atoms with Crippen LogP contribution in [0.1, 0.15) is 113 Å². The highest BCUT2D eigenvalue weighted by atomic mass is 19.1. The molecule has 4 aliphatic carbocycles. The van der Waals surface area contributed by atoms with Gasteiger partial charge in [0.05, 0.1) is 12.1 Å². The number of aliphatic hydroxyl groups excluding tert-OH is 2. The number of rotatable bonds is 14. The number of carbonyl (C=O) groups is 7. The molecule has 3 saturated carbocycles. The Labute approximate surface area is 345 Å². The van der Waals surface area contributed by atoms with Gasteiger partial charge in [-0.15, -0.1) is 0 Å². The summed E-state index contributed by atoms with van der Waals surface area (Å²) in [6.07, 6.45) is 2.29. The second-order valence-electron chi connectivity index (χ2n) is 18.3. The first-order valence-corrected chi connectivity index (χ1v) is 21.1. The minimum absolute atomic E-state index is 0.0572. The first-order valence-electron chi connectivity index (χ1n) is 21.1. The van der Waals surface area contributed by atoms with Crippen molar-refractivity contribution in [1.29, 1.82) is 0 Å². The van der Waals surface area contributed by atoms with Gasteiger partial charge in [-0.05, 0) is 89.7 Å². The van der Waals surface area contributed by atoms with Crippen molar-refractivity contribution < 1.29 is 57.6 Å². The number of amides is 3. The summed E-state index contributed by atoms with van der Waals surface area (Å²) in [5.41, 5.74) is -0.955. The zero-order chi connectivity index (χ0) is 44.0. The van der Waals surface area contributed by atoms with Crippen LogP contribution >= 0.6 is 0 Å². The monoisotopic (exact) mass is 830 g/mol. The van der Waals surface area contributed by atoms with Crippen LogP contribution in [-0.4, -0.2) is 111 Å². The summed E-state index contributed by atoms with van der Waals surface area (Å²) in [5.74, 6) is -7.96. The standard InChI is InChI=1S/C43H63FN4O11/c1-9-10-13-32(51)59-43(23(4)19-29-28-15-14-26-20-27(49)16-17-40(26,7)42(28,44)31(50)21-41(29,43)8)34(52)39(57)58-38(56)33(22(2)3)47-36(54)30-12-11-18-48(30)37(55)25(6)46-35(53)24(5)45/h16-17,20,22-25,28-31,33,39,50,57H,9-15,18-19,21,45H2,1-8H3,(H,46,53)(H,47,54)/t23-,24-,25-,28-,29-,30-,31-,33-,39?,40-,41-,42-,43-/m0/s1. The molecular formula is C43H63FN4O11. The Bertz CT molecular complexity index is 1780. The molecule has 16 heteroatoms. The van der Waals surface area contributed by atoms with Crippen LogP contribution in [0.4, 0.5) is 4.39 Å². The van der Waals surface area contributed by atoms with Crippen molar-refractivity contribution in [3.63, 3.8) is 0 Å². The number of carbonyl (C=O) groups excluding carboxylic acids is 7. The molecule has 6 N–H and O–H groups in total. The van der Waals surface area contributed by atoms with E-state index in [1.165, 1.54) is 37.0 Å². The van der Waals surface area contributed by atoms with E-state index in [1.807, 2.05) is 6.92 Å². The molecule has 3 amide bonds. The molecule has 1 unspecified atom stereocenters. The SMILES string of the molecule is CCCCC(=O)O[C@]1(C(=O)C(O)OC(=O)[C@@H](NC(=O)[C@@H]2CCCN2C(=O)[C@H](C)NC(=O)[C@H](C)N)C(C)C)[C@@H](C)C[C@H]2[C@@H]3CCC4=CC(=O)C=C[C@]4(C)[C@@]3(F)[C@@H](O)C[C@@]21C. The highest BCUT2D eigenvalue weighted by molar-refractivity contribution is 6.01. The van der Waals surface area contributed by atoms with E-state index in [0.717, 1.165) is 0 Å². The lowest BCUT2D eigenvalue weighted by molar-refractivity contribution is -0.236. The Kier molecular flexibility index (Phi) is 13.4. The van der Waals surface area contributed by atoms with Crippen LogP contribution in [0.25, 0.3) is 0 Å². The van der Waals surface area contributed by atoms with Gasteiger partial charge in [0.15, 0.2) is 17.1 Å². The summed E-state index contributed by atoms with van der Waals surface area (Å²) in [7, 11) is 0. The molecule has 328 valence electrons. The highest BCUT2D eigenvalue weighted by Crippen LogP contribution is 2.71. The predicted molar refractivity (Wildman–Crippen MR) is 211 cm³/mol. The number of allylic oxidation sites excluding steroid dienone is 4. The fourth-order valence-electron chi connectivity index (χ4n) is 11.0. The number of nitrogens with one attached hydrogen (secondary N) is 2. The maximum Gasteiger partial charge on any atom is 0.331 e. The van der Waals surface area contributed by atoms with Crippen LogP contribution < -0.4 is 16.4 Å². The molecule has 59 heavy (non-hydrogen) atoms. The third-order valence-electron chi connectivity index (χ3n) is 14.2. The lowest BCUT2D eigenvalue weighted by atomic mass is 9.44. The zero-order valence-electron chi connectivity index (χ0n) is 35.5. The number of ether oxygens (including phenoxy) is 2. The number of likely N-dealkylation sites (tertiary alicyclic amines) is 1. The Morgan fingerprint density at radius 2 is 1.75 bits per heavy atom. The maximum atomic E-state index is 17.9. The van der Waals surface area contributed by atoms with Crippen molar-refractivity contribution in [3.8, 4) is 0 Å². The lowest BCUT2D eigenvalue weighted by Crippen LogP contribution is -2.70. The number of fused-ring (bicyclic) bond motifs is 5. The zero-order valence-corrected chi connectivity index (χ0v) is 35.5. The van der Waals surface area contributed by atoms with Crippen molar-refractivity contribution in [3.05, 3.63) is 23.8 Å². The Hall–Kier alpha value is -4.02. The van der Waals surface area contributed by atoms with Crippen molar-refractivity contribution >= 4 is 41.2 Å². The average Bonchev–Trinajstić information content (AvgIpc) is 3.74. The molecule has 15 nitrogen and oxygen atoms in total. The minimum atomic E-state index is -2.49. The summed E-state index contributed by atoms with van der Waals surface area (Å²) in [4.78, 5) is 95.0. The summed E-state index contributed by atoms with van der Waals surface area (Å²) < 4.78 is 29.6. The first-order chi connectivity index (χ1) is 27.5. The molecule has 0 aromatic rings. The lowest BCUT2D eigenvalue weighted by Gasteiger charge is -2.62. The molecule has 0 radical (unpaired) electrons. The van der Waals surface area contributed by atoms with Crippen LogP contribution in [0, 0.1) is 34.5 Å². The molecular weight excluding hydrogens is 767 g/mol. The molecule has 0 aromatic heterocycles. The molecule has 13 atom stereocenters. The van der Waals surface area contributed by atoms with E-state index in [0.29, 0.717) is 31.3 Å². The van der Waals surface area contributed by atoms with Crippen LogP contribution in [0.15, 0.2) is 23.8 Å². The van der Waals surface area contributed by atoms with Gasteiger partial charge in [0.25, 0.3) is 6.29 Å². The molecule has 5 rings (SSSR count). The summed E-state index contributed by atoms with van der Waals surface area (Å²) >= 11 is 0. The highest BCUT2D eigenvalue weighted by Gasteiger charge is 2.78. The van der Waals surface area contributed by atoms with Crippen molar-refractivity contribution in [1.82, 2.24) is 15.5 Å². The molecule has 0 aromatic carbocycles. The third-order valence-corrected chi connectivity index (χ3v) is 14.2. The van der Waals surface area contributed by atoms with Crippen LogP contribution in [-0.2, 0) is 43.0 Å². The number of unbranched alkanes of at least 4 members (excludes halogenated alkanes) is 1. The van der Waals surface area contributed by atoms with Gasteiger partial charge in [-0.3, -0.25) is 28.8 Å². The second kappa shape index (κ2) is 17.2. The number of alkyl halides is 1. The Balaban J connectivity index is 1.40. The number of esters is 2. The number of Topliss-reactive ketones (excluding diaryl/α,β-unsaturated/α-hetero) is 1. The van der Waals surface area contributed by atoms with Gasteiger partial charge < -0.3 is 41.0 Å². The van der Waals surface area contributed by atoms with Gasteiger partial charge in [0, 0.05) is 35.6 Å². The number of halogens is 1. The normalized spacial score (nSPS) is 35.6. The van der Waals surface area contributed by atoms with E-state index in [1.54, 1.807) is 34.6 Å². The Morgan fingerprint density at radius 1 is 1.07 bits per heavy atom. The topological polar surface area (TPSA) is 232 Å². The summed E-state index contributed by atoms with van der Waals surface area (Å²) in [6.45, 7) is 13.3. The Morgan fingerprint density at radius 3 is 2.37 bits per heavy atom. The van der Waals surface area contributed by atoms with Crippen LogP contribution in [0.3, 0.4) is 0 Å². The number of hydrogen-bond donors (Lipinski definition) is 5. The molecule has 1 heterocycles. The van der Waals surface area contributed by atoms with Crippen molar-refractivity contribution in [2.45, 2.75) is 161 Å². The predicted octanol–water partition coefficient (Wildman–Crippen LogP) is 2.49. The maximum absolute atomic E-state index is 17.9.